The van der Waals surface area contributed by atoms with E-state index in [2.05, 4.69) is 32.9 Å². The second kappa shape index (κ2) is 10.3. The maximum Gasteiger partial charge on any atom is 0.291 e. The van der Waals surface area contributed by atoms with Crippen LogP contribution in [0.15, 0.2) is 69.7 Å². The molecule has 0 aliphatic rings. The summed E-state index contributed by atoms with van der Waals surface area (Å²) in [4.78, 5) is 29.3. The highest BCUT2D eigenvalue weighted by atomic mass is 127. The number of nitrogens with zero attached hydrogens (tertiary/aromatic N) is 1. The van der Waals surface area contributed by atoms with Crippen LogP contribution in [0.4, 0.5) is 14.5 Å². The molecule has 0 spiro atoms. The van der Waals surface area contributed by atoms with Crippen molar-refractivity contribution in [3.05, 3.63) is 86.5 Å². The number of rotatable bonds is 8. The molecule has 12 heteroatoms. The Kier molecular flexibility index (Phi) is 6.93. The third kappa shape index (κ3) is 5.20. The van der Waals surface area contributed by atoms with E-state index < -0.39 is 23.9 Å². The lowest BCUT2D eigenvalue weighted by atomic mass is 10.1. The summed E-state index contributed by atoms with van der Waals surface area (Å²) in [6.45, 7) is 0.0881. The highest BCUT2D eigenvalue weighted by Crippen LogP contribution is 2.42. The zero-order chi connectivity index (χ0) is 26.1. The Balaban J connectivity index is 1.47. The molecule has 188 valence electrons. The number of nitrogens with one attached hydrogen (secondary N) is 1. The van der Waals surface area contributed by atoms with Crippen molar-refractivity contribution < 1.29 is 31.9 Å². The molecular formula is C25H16F2IN3O5S. The number of alkyl halides is 2. The first kappa shape index (κ1) is 24.9. The fourth-order valence-electron chi connectivity index (χ4n) is 3.59. The minimum atomic E-state index is -2.86. The number of carbonyl (C=O) groups excluding carboxylic acids is 2. The lowest BCUT2D eigenvalue weighted by Crippen LogP contribution is -2.16. The average molecular weight is 635 g/mol. The van der Waals surface area contributed by atoms with Crippen molar-refractivity contribution in [3.63, 3.8) is 0 Å². The number of furan rings is 2. The Bertz CT molecular complexity index is 1600. The van der Waals surface area contributed by atoms with Crippen molar-refractivity contribution >= 4 is 61.6 Å². The second-order valence-electron chi connectivity index (χ2n) is 7.69. The first-order valence-electron chi connectivity index (χ1n) is 10.7. The molecule has 37 heavy (non-hydrogen) atoms. The summed E-state index contributed by atoms with van der Waals surface area (Å²) >= 11 is 2.98. The number of fused-ring (bicyclic) bond motifs is 1. The third-order valence-corrected chi connectivity index (χ3v) is 7.05. The van der Waals surface area contributed by atoms with Crippen LogP contribution in [0.25, 0.3) is 21.5 Å². The molecule has 0 radical (unpaired) electrons. The summed E-state index contributed by atoms with van der Waals surface area (Å²) in [6.07, 6.45) is -1.48. The molecule has 0 saturated carbocycles. The molecule has 4 aromatic heterocycles. The molecule has 5 rings (SSSR count). The molecule has 3 N–H and O–H groups in total. The fraction of sp³-hybridized carbons (Fsp3) is 0.0800. The van der Waals surface area contributed by atoms with Crippen molar-refractivity contribution in [3.8, 4) is 17.1 Å². The van der Waals surface area contributed by atoms with Gasteiger partial charge in [-0.05, 0) is 77.2 Å². The van der Waals surface area contributed by atoms with Crippen LogP contribution in [-0.2, 0) is 6.61 Å². The van der Waals surface area contributed by atoms with Gasteiger partial charge < -0.3 is 24.6 Å². The smallest absolute Gasteiger partial charge is 0.291 e. The van der Waals surface area contributed by atoms with Gasteiger partial charge in [-0.1, -0.05) is 0 Å². The van der Waals surface area contributed by atoms with Crippen LogP contribution in [-0.4, -0.2) is 16.8 Å². The Morgan fingerprint density at radius 3 is 2.62 bits per heavy atom. The number of primary amides is 1. The number of hydrogen-bond donors (Lipinski definition) is 2. The van der Waals surface area contributed by atoms with Crippen LogP contribution in [0.5, 0.6) is 5.75 Å². The van der Waals surface area contributed by atoms with Crippen LogP contribution < -0.4 is 15.8 Å². The Morgan fingerprint density at radius 2 is 1.95 bits per heavy atom. The summed E-state index contributed by atoms with van der Waals surface area (Å²) in [5.41, 5.74) is 5.31. The number of ether oxygens (including phenoxy) is 1. The number of amides is 2. The normalized spacial score (nSPS) is 11.2. The van der Waals surface area contributed by atoms with E-state index in [1.807, 2.05) is 24.3 Å². The van der Waals surface area contributed by atoms with E-state index >= 15 is 0 Å². The molecule has 0 saturated heterocycles. The van der Waals surface area contributed by atoms with Gasteiger partial charge in [-0.3, -0.25) is 9.59 Å². The molecule has 4 heterocycles. The van der Waals surface area contributed by atoms with Crippen molar-refractivity contribution in [1.82, 2.24) is 4.98 Å². The molecule has 8 nitrogen and oxygen atoms in total. The molecule has 0 aliphatic carbocycles. The van der Waals surface area contributed by atoms with Crippen LogP contribution >= 0.6 is 33.9 Å². The van der Waals surface area contributed by atoms with Crippen LogP contribution in [0.1, 0.15) is 38.1 Å². The van der Waals surface area contributed by atoms with E-state index in [-0.39, 0.29) is 44.5 Å². The Morgan fingerprint density at radius 1 is 1.16 bits per heavy atom. The number of hydrogen-bond acceptors (Lipinski definition) is 7. The lowest BCUT2D eigenvalue weighted by molar-refractivity contribution is 0.0992. The number of nitrogens with two attached hydrogens (primary N) is 1. The topological polar surface area (TPSA) is 121 Å². The Hall–Kier alpha value is -3.78. The fourth-order valence-corrected chi connectivity index (χ4v) is 4.96. The van der Waals surface area contributed by atoms with Crippen LogP contribution in [0.2, 0.25) is 0 Å². The first-order valence-corrected chi connectivity index (χ1v) is 12.6. The largest absolute Gasteiger partial charge is 0.486 e. The minimum absolute atomic E-state index is 0.0327. The standard InChI is InChI=1S/C25H16F2IN3O5S/c26-22(27)16-10-15(17-2-1-9-34-17)19-20(21(23(29)32)37-25(19)30-16)31-24(33)18-8-7-14(36-18)11-35-13-5-3-12(28)4-6-13/h1-10,22H,11H2,(H2,29,32)(H,31,33). The molecular weight excluding hydrogens is 619 g/mol. The van der Waals surface area contributed by atoms with Gasteiger partial charge in [0.25, 0.3) is 18.2 Å². The SMILES string of the molecule is NC(=O)c1sc2nc(C(F)F)cc(-c3ccco3)c2c1NC(=O)c1ccc(COc2ccc(I)cc2)o1. The molecule has 2 amide bonds. The second-order valence-corrected chi connectivity index (χ2v) is 9.93. The van der Waals surface area contributed by atoms with Gasteiger partial charge in [-0.2, -0.15) is 0 Å². The van der Waals surface area contributed by atoms with Gasteiger partial charge in [0.1, 0.15) is 39.3 Å². The first-order chi connectivity index (χ1) is 17.8. The van der Waals surface area contributed by atoms with Gasteiger partial charge in [-0.25, -0.2) is 13.8 Å². The van der Waals surface area contributed by atoms with E-state index in [0.717, 1.165) is 21.0 Å². The predicted molar refractivity (Wildman–Crippen MR) is 141 cm³/mol. The molecule has 0 aliphatic heterocycles. The van der Waals surface area contributed by atoms with Crippen LogP contribution in [0.3, 0.4) is 0 Å². The van der Waals surface area contributed by atoms with Gasteiger partial charge in [0.15, 0.2) is 5.76 Å². The highest BCUT2D eigenvalue weighted by molar-refractivity contribution is 14.1. The maximum atomic E-state index is 13.5. The molecule has 1 aromatic carbocycles. The number of benzene rings is 1. The summed E-state index contributed by atoms with van der Waals surface area (Å²) in [7, 11) is 0. The van der Waals surface area contributed by atoms with E-state index in [1.165, 1.54) is 12.3 Å². The van der Waals surface area contributed by atoms with E-state index in [9.17, 15) is 18.4 Å². The average Bonchev–Trinajstić information content (AvgIpc) is 3.63. The summed E-state index contributed by atoms with van der Waals surface area (Å²) in [5.74, 6) is -0.285. The zero-order valence-corrected chi connectivity index (χ0v) is 21.6. The molecule has 0 atom stereocenters. The zero-order valence-electron chi connectivity index (χ0n) is 18.7. The van der Waals surface area contributed by atoms with E-state index in [0.29, 0.717) is 11.5 Å². The quantitative estimate of drug-likeness (QED) is 0.185. The molecule has 5 aromatic rings. The number of halogens is 3. The molecule has 0 unspecified atom stereocenters. The number of aromatic nitrogens is 1. The monoisotopic (exact) mass is 635 g/mol. The maximum absolute atomic E-state index is 13.5. The van der Waals surface area contributed by atoms with Gasteiger partial charge in [-0.15, -0.1) is 11.3 Å². The predicted octanol–water partition coefficient (Wildman–Crippen LogP) is 6.62. The number of thiophene rings is 1. The van der Waals surface area contributed by atoms with Gasteiger partial charge >= 0.3 is 0 Å². The minimum Gasteiger partial charge on any atom is -0.486 e. The van der Waals surface area contributed by atoms with Gasteiger partial charge in [0, 0.05) is 14.5 Å². The summed E-state index contributed by atoms with van der Waals surface area (Å²) < 4.78 is 44.8. The number of carbonyl (C=O) groups is 2. The summed E-state index contributed by atoms with van der Waals surface area (Å²) in [6, 6.07) is 14.8. The van der Waals surface area contributed by atoms with Crippen LogP contribution in [0, 0.1) is 3.57 Å². The van der Waals surface area contributed by atoms with Gasteiger partial charge in [0.2, 0.25) is 0 Å². The van der Waals surface area contributed by atoms with Crippen molar-refractivity contribution in [1.29, 1.82) is 0 Å². The Labute approximate surface area is 225 Å². The van der Waals surface area contributed by atoms with E-state index in [1.54, 1.807) is 18.2 Å². The van der Waals surface area contributed by atoms with Crippen molar-refractivity contribution in [2.45, 2.75) is 13.0 Å². The van der Waals surface area contributed by atoms with Gasteiger partial charge in [0.05, 0.1) is 12.0 Å². The summed E-state index contributed by atoms with van der Waals surface area (Å²) in [5, 5.41) is 2.89. The lowest BCUT2D eigenvalue weighted by Gasteiger charge is -2.09. The van der Waals surface area contributed by atoms with E-state index in [4.69, 9.17) is 19.3 Å². The van der Waals surface area contributed by atoms with Crippen molar-refractivity contribution in [2.24, 2.45) is 5.73 Å². The highest BCUT2D eigenvalue weighted by Gasteiger charge is 2.26. The molecule has 0 bridgehead atoms. The number of anilines is 1. The number of pyridine rings is 1. The third-order valence-electron chi connectivity index (χ3n) is 5.23. The van der Waals surface area contributed by atoms with Crippen molar-refractivity contribution in [2.75, 3.05) is 5.32 Å². The molecule has 0 fully saturated rings.